The minimum absolute atomic E-state index is 0.0643. The molecule has 6 heteroatoms. The Hall–Kier alpha value is -3.20. The van der Waals surface area contributed by atoms with Gasteiger partial charge in [0.05, 0.1) is 11.5 Å². The number of nitro groups is 1. The SMILES string of the molecule is [C-]#[N+]c1ccc(C(=O)N2CCCc3ccccc32)cc1[N+](=O)[O-]. The number of fused-ring (bicyclic) bond motifs is 1. The minimum atomic E-state index is -0.631. The van der Waals surface area contributed by atoms with Crippen LogP contribution >= 0.6 is 0 Å². The number of amides is 1. The first-order valence-electron chi connectivity index (χ1n) is 7.17. The lowest BCUT2D eigenvalue weighted by Crippen LogP contribution is -2.35. The molecule has 0 spiro atoms. The maximum absolute atomic E-state index is 12.8. The molecule has 2 aromatic carbocycles. The molecule has 114 valence electrons. The molecule has 0 atom stereocenters. The number of aryl methyl sites for hydroxylation is 1. The van der Waals surface area contributed by atoms with Gasteiger partial charge in [-0.25, -0.2) is 4.85 Å². The van der Waals surface area contributed by atoms with Gasteiger partial charge in [0.15, 0.2) is 0 Å². The molecule has 0 radical (unpaired) electrons. The van der Waals surface area contributed by atoms with Crippen LogP contribution in [0.5, 0.6) is 0 Å². The third kappa shape index (κ3) is 2.64. The molecule has 0 unspecified atom stereocenters. The zero-order valence-electron chi connectivity index (χ0n) is 12.2. The monoisotopic (exact) mass is 307 g/mol. The van der Waals surface area contributed by atoms with Crippen LogP contribution in [0.3, 0.4) is 0 Å². The van der Waals surface area contributed by atoms with Crippen molar-refractivity contribution < 1.29 is 9.72 Å². The largest absolute Gasteiger partial charge is 0.308 e. The molecule has 0 bridgehead atoms. The van der Waals surface area contributed by atoms with E-state index >= 15 is 0 Å². The standard InChI is InChI=1S/C17H13N3O3/c1-18-14-9-8-13(11-16(14)20(22)23)17(21)19-10-4-6-12-5-2-3-7-15(12)19/h2-3,5,7-9,11H,4,6,10H2. The van der Waals surface area contributed by atoms with Crippen LogP contribution in [0.2, 0.25) is 0 Å². The van der Waals surface area contributed by atoms with Crippen molar-refractivity contribution in [3.05, 3.63) is 75.1 Å². The molecule has 2 aromatic rings. The van der Waals surface area contributed by atoms with Crippen molar-refractivity contribution in [1.29, 1.82) is 0 Å². The fraction of sp³-hybridized carbons (Fsp3) is 0.176. The van der Waals surface area contributed by atoms with Gasteiger partial charge in [0.25, 0.3) is 17.3 Å². The second-order valence-electron chi connectivity index (χ2n) is 5.26. The number of benzene rings is 2. The number of anilines is 1. The first-order chi connectivity index (χ1) is 11.1. The quantitative estimate of drug-likeness (QED) is 0.482. The molecular weight excluding hydrogens is 294 g/mol. The summed E-state index contributed by atoms with van der Waals surface area (Å²) in [7, 11) is 0. The van der Waals surface area contributed by atoms with Gasteiger partial charge in [-0.1, -0.05) is 24.3 Å². The molecule has 0 saturated heterocycles. The van der Waals surface area contributed by atoms with Crippen LogP contribution in [0.1, 0.15) is 22.3 Å². The van der Waals surface area contributed by atoms with Crippen molar-refractivity contribution in [2.24, 2.45) is 0 Å². The van der Waals surface area contributed by atoms with E-state index in [2.05, 4.69) is 4.85 Å². The van der Waals surface area contributed by atoms with Gasteiger partial charge in [-0.05, 0) is 30.5 Å². The summed E-state index contributed by atoms with van der Waals surface area (Å²) in [6.07, 6.45) is 1.77. The van der Waals surface area contributed by atoms with E-state index in [0.29, 0.717) is 6.54 Å². The van der Waals surface area contributed by atoms with Gasteiger partial charge >= 0.3 is 0 Å². The van der Waals surface area contributed by atoms with Gasteiger partial charge in [-0.15, -0.1) is 0 Å². The Morgan fingerprint density at radius 3 is 2.78 bits per heavy atom. The average molecular weight is 307 g/mol. The molecule has 0 aliphatic carbocycles. The number of nitrogens with zero attached hydrogens (tertiary/aromatic N) is 3. The van der Waals surface area contributed by atoms with Crippen molar-refractivity contribution in [3.8, 4) is 0 Å². The summed E-state index contributed by atoms with van der Waals surface area (Å²) in [5.41, 5.74) is 1.77. The van der Waals surface area contributed by atoms with Crippen molar-refractivity contribution in [3.63, 3.8) is 0 Å². The van der Waals surface area contributed by atoms with E-state index in [4.69, 9.17) is 6.57 Å². The molecule has 1 amide bonds. The minimum Gasteiger partial charge on any atom is -0.308 e. The number of carbonyl (C=O) groups excluding carboxylic acids is 1. The second kappa shape index (κ2) is 5.89. The Kier molecular flexibility index (Phi) is 3.77. The number of hydrogen-bond donors (Lipinski definition) is 0. The molecule has 0 fully saturated rings. The van der Waals surface area contributed by atoms with Crippen LogP contribution in [0.15, 0.2) is 42.5 Å². The highest BCUT2D eigenvalue weighted by Gasteiger charge is 2.25. The second-order valence-corrected chi connectivity index (χ2v) is 5.26. The summed E-state index contributed by atoms with van der Waals surface area (Å²) in [6.45, 7) is 7.55. The van der Waals surface area contributed by atoms with Crippen LogP contribution in [-0.4, -0.2) is 17.4 Å². The summed E-state index contributed by atoms with van der Waals surface area (Å²) < 4.78 is 0. The molecule has 1 aliphatic heterocycles. The fourth-order valence-electron chi connectivity index (χ4n) is 2.80. The lowest BCUT2D eigenvalue weighted by atomic mass is 10.0. The summed E-state index contributed by atoms with van der Waals surface area (Å²) in [5.74, 6) is -0.281. The highest BCUT2D eigenvalue weighted by molar-refractivity contribution is 6.07. The van der Waals surface area contributed by atoms with Crippen molar-refractivity contribution >= 4 is 23.0 Å². The number of carbonyl (C=O) groups is 1. The van der Waals surface area contributed by atoms with Crippen LogP contribution in [0.25, 0.3) is 4.85 Å². The van der Waals surface area contributed by atoms with Gasteiger partial charge in [-0.2, -0.15) is 0 Å². The first kappa shape index (κ1) is 14.7. The Bertz CT molecular complexity index is 839. The average Bonchev–Trinajstić information content (AvgIpc) is 2.60. The first-order valence-corrected chi connectivity index (χ1v) is 7.17. The van der Waals surface area contributed by atoms with Gasteiger partial charge in [0.2, 0.25) is 0 Å². The smallest absolute Gasteiger partial charge is 0.279 e. The van der Waals surface area contributed by atoms with Crippen LogP contribution < -0.4 is 4.90 Å². The Labute approximate surface area is 132 Å². The van der Waals surface area contributed by atoms with E-state index in [1.165, 1.54) is 18.2 Å². The Morgan fingerprint density at radius 2 is 2.04 bits per heavy atom. The van der Waals surface area contributed by atoms with Gasteiger partial charge < -0.3 is 4.90 Å². The van der Waals surface area contributed by atoms with E-state index in [-0.39, 0.29) is 22.8 Å². The molecule has 1 aliphatic rings. The summed E-state index contributed by atoms with van der Waals surface area (Å²) in [4.78, 5) is 28.0. The number of nitro benzene ring substituents is 1. The molecule has 1 heterocycles. The molecular formula is C17H13N3O3. The molecule has 0 aromatic heterocycles. The maximum Gasteiger partial charge on any atom is 0.279 e. The lowest BCUT2D eigenvalue weighted by Gasteiger charge is -2.29. The van der Waals surface area contributed by atoms with E-state index in [0.717, 1.165) is 24.1 Å². The number of para-hydroxylation sites is 1. The molecule has 23 heavy (non-hydrogen) atoms. The molecule has 0 N–H and O–H groups in total. The lowest BCUT2D eigenvalue weighted by molar-refractivity contribution is -0.383. The predicted octanol–water partition coefficient (Wildman–Crippen LogP) is 3.74. The molecule has 0 saturated carbocycles. The van der Waals surface area contributed by atoms with Crippen LogP contribution in [-0.2, 0) is 6.42 Å². The normalized spacial score (nSPS) is 13.1. The summed E-state index contributed by atoms with van der Waals surface area (Å²) in [6, 6.07) is 11.7. The van der Waals surface area contributed by atoms with Gasteiger partial charge in [0, 0.05) is 23.9 Å². The number of hydrogen-bond acceptors (Lipinski definition) is 3. The van der Waals surface area contributed by atoms with Gasteiger partial charge in [-0.3, -0.25) is 14.9 Å². The van der Waals surface area contributed by atoms with Crippen molar-refractivity contribution in [1.82, 2.24) is 0 Å². The third-order valence-corrected chi connectivity index (χ3v) is 3.89. The van der Waals surface area contributed by atoms with E-state index < -0.39 is 4.92 Å². The zero-order chi connectivity index (χ0) is 16.4. The maximum atomic E-state index is 12.8. The summed E-state index contributed by atoms with van der Waals surface area (Å²) in [5, 5.41) is 11.1. The predicted molar refractivity (Wildman–Crippen MR) is 85.8 cm³/mol. The fourth-order valence-corrected chi connectivity index (χ4v) is 2.80. The molecule has 3 rings (SSSR count). The van der Waals surface area contributed by atoms with Gasteiger partial charge in [0.1, 0.15) is 0 Å². The van der Waals surface area contributed by atoms with Crippen molar-refractivity contribution in [2.45, 2.75) is 12.8 Å². The zero-order valence-corrected chi connectivity index (χ0v) is 12.2. The number of rotatable bonds is 2. The highest BCUT2D eigenvalue weighted by atomic mass is 16.6. The van der Waals surface area contributed by atoms with Crippen LogP contribution in [0.4, 0.5) is 17.1 Å². The van der Waals surface area contributed by atoms with E-state index in [9.17, 15) is 14.9 Å². The Morgan fingerprint density at radius 1 is 1.26 bits per heavy atom. The topological polar surface area (TPSA) is 67.8 Å². The van der Waals surface area contributed by atoms with E-state index in [1.807, 2.05) is 24.3 Å². The Balaban J connectivity index is 2.01. The molecule has 6 nitrogen and oxygen atoms in total. The highest BCUT2D eigenvalue weighted by Crippen LogP contribution is 2.31. The summed E-state index contributed by atoms with van der Waals surface area (Å²) >= 11 is 0. The van der Waals surface area contributed by atoms with E-state index in [1.54, 1.807) is 4.90 Å². The van der Waals surface area contributed by atoms with Crippen LogP contribution in [0, 0.1) is 16.7 Å². The van der Waals surface area contributed by atoms with Crippen molar-refractivity contribution in [2.75, 3.05) is 11.4 Å². The third-order valence-electron chi connectivity index (χ3n) is 3.89.